The minimum atomic E-state index is 0.0703. The van der Waals surface area contributed by atoms with Gasteiger partial charge in [-0.1, -0.05) is 17.3 Å². The van der Waals surface area contributed by atoms with Crippen LogP contribution in [0.5, 0.6) is 0 Å². The second-order valence-electron chi connectivity index (χ2n) is 6.21. The summed E-state index contributed by atoms with van der Waals surface area (Å²) < 4.78 is 1.68. The Kier molecular flexibility index (Phi) is 4.05. The van der Waals surface area contributed by atoms with E-state index in [1.807, 2.05) is 48.3 Å². The summed E-state index contributed by atoms with van der Waals surface area (Å²) in [6.07, 6.45) is 3.76. The Bertz CT molecular complexity index is 905. The van der Waals surface area contributed by atoms with Crippen molar-refractivity contribution in [1.82, 2.24) is 24.9 Å². The number of pyridine rings is 1. The van der Waals surface area contributed by atoms with E-state index in [0.717, 1.165) is 41.8 Å². The second kappa shape index (κ2) is 6.51. The number of para-hydroxylation sites is 1. The summed E-state index contributed by atoms with van der Waals surface area (Å²) >= 11 is 0. The zero-order chi connectivity index (χ0) is 17.2. The lowest BCUT2D eigenvalue weighted by Gasteiger charge is -2.25. The standard InChI is InChI=1S/C18H20N6O/c1-19-17-11-13(8-9-20-17)15-7-4-10-23(15)18(25)12-24-16-6-3-2-5-14(16)21-22-24/h2-3,5-6,8-9,11,15H,4,7,10,12H2,1H3,(H,19,20)/t15-/m0/s1. The lowest BCUT2D eigenvalue weighted by atomic mass is 10.1. The molecule has 0 radical (unpaired) electrons. The summed E-state index contributed by atoms with van der Waals surface area (Å²) in [6.45, 7) is 0.980. The molecule has 128 valence electrons. The third-order valence-corrected chi connectivity index (χ3v) is 4.70. The predicted octanol–water partition coefficient (Wildman–Crippen LogP) is 2.23. The normalized spacial score (nSPS) is 17.2. The third-order valence-electron chi connectivity index (χ3n) is 4.70. The van der Waals surface area contributed by atoms with Crippen LogP contribution in [0.25, 0.3) is 11.0 Å². The first-order chi connectivity index (χ1) is 12.3. The van der Waals surface area contributed by atoms with Gasteiger partial charge in [0.1, 0.15) is 17.9 Å². The average molecular weight is 336 g/mol. The second-order valence-corrected chi connectivity index (χ2v) is 6.21. The third kappa shape index (κ3) is 2.93. The Morgan fingerprint density at radius 1 is 1.32 bits per heavy atom. The van der Waals surface area contributed by atoms with Crippen LogP contribution in [0.1, 0.15) is 24.4 Å². The molecule has 0 aliphatic carbocycles. The fourth-order valence-corrected chi connectivity index (χ4v) is 3.46. The Hall–Kier alpha value is -2.96. The highest BCUT2D eigenvalue weighted by Gasteiger charge is 2.30. The van der Waals surface area contributed by atoms with Crippen LogP contribution < -0.4 is 5.32 Å². The van der Waals surface area contributed by atoms with Crippen molar-refractivity contribution in [3.63, 3.8) is 0 Å². The van der Waals surface area contributed by atoms with Crippen molar-refractivity contribution in [2.45, 2.75) is 25.4 Å². The number of carbonyl (C=O) groups is 1. The molecule has 3 heterocycles. The molecule has 1 aliphatic heterocycles. The summed E-state index contributed by atoms with van der Waals surface area (Å²) in [4.78, 5) is 19.1. The van der Waals surface area contributed by atoms with E-state index in [4.69, 9.17) is 0 Å². The van der Waals surface area contributed by atoms with Gasteiger partial charge in [0.15, 0.2) is 0 Å². The summed E-state index contributed by atoms with van der Waals surface area (Å²) in [7, 11) is 1.85. The quantitative estimate of drug-likeness (QED) is 0.791. The van der Waals surface area contributed by atoms with Crippen LogP contribution in [-0.4, -0.2) is 44.4 Å². The first kappa shape index (κ1) is 15.6. The number of benzene rings is 1. The van der Waals surface area contributed by atoms with Gasteiger partial charge >= 0.3 is 0 Å². The molecule has 1 aliphatic rings. The SMILES string of the molecule is CNc1cc([C@@H]2CCCN2C(=O)Cn2nnc3ccccc32)ccn1. The summed E-state index contributed by atoms with van der Waals surface area (Å²) in [6, 6.07) is 11.8. The van der Waals surface area contributed by atoms with Crippen LogP contribution in [0.2, 0.25) is 0 Å². The molecule has 2 aromatic heterocycles. The molecule has 0 spiro atoms. The molecule has 1 aromatic carbocycles. The molecule has 1 fully saturated rings. The van der Waals surface area contributed by atoms with Gasteiger partial charge < -0.3 is 10.2 Å². The Balaban J connectivity index is 1.56. The van der Waals surface area contributed by atoms with Gasteiger partial charge in [-0.2, -0.15) is 0 Å². The topological polar surface area (TPSA) is 75.9 Å². The zero-order valence-electron chi connectivity index (χ0n) is 14.1. The lowest BCUT2D eigenvalue weighted by molar-refractivity contribution is -0.132. The van der Waals surface area contributed by atoms with Gasteiger partial charge in [0.2, 0.25) is 5.91 Å². The maximum Gasteiger partial charge on any atom is 0.244 e. The molecule has 25 heavy (non-hydrogen) atoms. The van der Waals surface area contributed by atoms with Crippen molar-refractivity contribution in [1.29, 1.82) is 0 Å². The molecule has 4 rings (SSSR count). The monoisotopic (exact) mass is 336 g/mol. The van der Waals surface area contributed by atoms with Gasteiger partial charge in [0.05, 0.1) is 11.6 Å². The predicted molar refractivity (Wildman–Crippen MR) is 95.0 cm³/mol. The maximum atomic E-state index is 12.9. The molecule has 1 amide bonds. The highest BCUT2D eigenvalue weighted by atomic mass is 16.2. The number of aromatic nitrogens is 4. The van der Waals surface area contributed by atoms with E-state index < -0.39 is 0 Å². The Labute approximate surface area is 145 Å². The molecule has 1 atom stereocenters. The van der Waals surface area contributed by atoms with Gasteiger partial charge in [0, 0.05) is 19.8 Å². The van der Waals surface area contributed by atoms with E-state index in [1.165, 1.54) is 0 Å². The fraction of sp³-hybridized carbons (Fsp3) is 0.333. The number of carbonyl (C=O) groups excluding carboxylic acids is 1. The van der Waals surface area contributed by atoms with Gasteiger partial charge in [0.25, 0.3) is 0 Å². The first-order valence-corrected chi connectivity index (χ1v) is 8.47. The van der Waals surface area contributed by atoms with E-state index in [-0.39, 0.29) is 18.5 Å². The lowest BCUT2D eigenvalue weighted by Crippen LogP contribution is -2.33. The molecule has 1 N–H and O–H groups in total. The van der Waals surface area contributed by atoms with E-state index in [9.17, 15) is 4.79 Å². The summed E-state index contributed by atoms with van der Waals surface area (Å²) in [5.74, 6) is 0.889. The molecular formula is C18H20N6O. The van der Waals surface area contributed by atoms with Gasteiger partial charge in [-0.15, -0.1) is 5.10 Å². The van der Waals surface area contributed by atoms with Crippen LogP contribution in [0, 0.1) is 0 Å². The summed E-state index contributed by atoms with van der Waals surface area (Å²) in [5, 5.41) is 11.3. The number of hydrogen-bond donors (Lipinski definition) is 1. The van der Waals surface area contributed by atoms with Gasteiger partial charge in [-0.25, -0.2) is 9.67 Å². The minimum Gasteiger partial charge on any atom is -0.373 e. The van der Waals surface area contributed by atoms with Gasteiger partial charge in [-0.05, 0) is 42.7 Å². The molecule has 0 saturated carbocycles. The van der Waals surface area contributed by atoms with Crippen LogP contribution in [0.4, 0.5) is 5.82 Å². The largest absolute Gasteiger partial charge is 0.373 e. The number of nitrogens with one attached hydrogen (secondary N) is 1. The zero-order valence-corrected chi connectivity index (χ0v) is 14.1. The average Bonchev–Trinajstić information content (AvgIpc) is 3.29. The number of rotatable bonds is 4. The number of amides is 1. The van der Waals surface area contributed by atoms with Crippen LogP contribution >= 0.6 is 0 Å². The minimum absolute atomic E-state index is 0.0703. The summed E-state index contributed by atoms with van der Waals surface area (Å²) in [5.41, 5.74) is 2.81. The number of fused-ring (bicyclic) bond motifs is 1. The van der Waals surface area contributed by atoms with Crippen molar-refractivity contribution in [2.24, 2.45) is 0 Å². The van der Waals surface area contributed by atoms with Crippen molar-refractivity contribution in [3.05, 3.63) is 48.2 Å². The fourth-order valence-electron chi connectivity index (χ4n) is 3.46. The Morgan fingerprint density at radius 3 is 3.08 bits per heavy atom. The smallest absolute Gasteiger partial charge is 0.244 e. The molecule has 0 unspecified atom stereocenters. The number of anilines is 1. The first-order valence-electron chi connectivity index (χ1n) is 8.47. The molecule has 0 bridgehead atoms. The van der Waals surface area contributed by atoms with Crippen LogP contribution in [0.15, 0.2) is 42.6 Å². The van der Waals surface area contributed by atoms with Crippen molar-refractivity contribution < 1.29 is 4.79 Å². The molecular weight excluding hydrogens is 316 g/mol. The maximum absolute atomic E-state index is 12.9. The molecule has 7 nitrogen and oxygen atoms in total. The molecule has 1 saturated heterocycles. The molecule has 3 aromatic rings. The highest BCUT2D eigenvalue weighted by Crippen LogP contribution is 2.32. The molecule has 7 heteroatoms. The van der Waals surface area contributed by atoms with Crippen molar-refractivity contribution >= 4 is 22.8 Å². The van der Waals surface area contributed by atoms with E-state index >= 15 is 0 Å². The van der Waals surface area contributed by atoms with Gasteiger partial charge in [-0.3, -0.25) is 4.79 Å². The van der Waals surface area contributed by atoms with Crippen molar-refractivity contribution in [3.8, 4) is 0 Å². The Morgan fingerprint density at radius 2 is 2.20 bits per heavy atom. The van der Waals surface area contributed by atoms with Crippen LogP contribution in [0.3, 0.4) is 0 Å². The van der Waals surface area contributed by atoms with E-state index in [1.54, 1.807) is 10.9 Å². The van der Waals surface area contributed by atoms with E-state index in [0.29, 0.717) is 0 Å². The highest BCUT2D eigenvalue weighted by molar-refractivity contribution is 5.80. The number of hydrogen-bond acceptors (Lipinski definition) is 5. The van der Waals surface area contributed by atoms with E-state index in [2.05, 4.69) is 20.6 Å². The number of nitrogens with zero attached hydrogens (tertiary/aromatic N) is 5. The van der Waals surface area contributed by atoms with Crippen molar-refractivity contribution in [2.75, 3.05) is 18.9 Å². The van der Waals surface area contributed by atoms with Crippen LogP contribution in [-0.2, 0) is 11.3 Å². The number of likely N-dealkylation sites (tertiary alicyclic amines) is 1.